The molecule has 0 saturated carbocycles. The minimum atomic E-state index is -3.55. The lowest BCUT2D eigenvalue weighted by Gasteiger charge is -2.18. The van der Waals surface area contributed by atoms with Gasteiger partial charge in [0.15, 0.2) is 0 Å². The normalized spacial score (nSPS) is 10.9. The summed E-state index contributed by atoms with van der Waals surface area (Å²) in [6.45, 7) is 0. The number of nitrogens with zero attached hydrogens (tertiary/aromatic N) is 1. The zero-order chi connectivity index (χ0) is 13.2. The molecule has 1 N–H and O–H groups in total. The first kappa shape index (κ1) is 13.2. The molecule has 0 aliphatic rings. The Hall–Kier alpha value is -1.89. The Bertz CT molecular complexity index is 564. The first-order valence-electron chi connectivity index (χ1n) is 4.55. The van der Waals surface area contributed by atoms with Crippen molar-refractivity contribution in [3.63, 3.8) is 0 Å². The largest absolute Gasteiger partial charge is 0.475 e. The van der Waals surface area contributed by atoms with Crippen LogP contribution < -0.4 is 4.31 Å². The number of carbonyl (C=O) groups is 2. The number of carbonyl (C=O) groups excluding carboxylic acids is 1. The average Bonchev–Trinajstić information content (AvgIpc) is 2.25. The maximum absolute atomic E-state index is 11.4. The molecule has 0 aliphatic heterocycles. The monoisotopic (exact) mass is 257 g/mol. The third kappa shape index (κ3) is 2.82. The number of carboxylic acid groups (broad SMARTS) is 1. The summed E-state index contributed by atoms with van der Waals surface area (Å²) < 4.78 is 23.6. The van der Waals surface area contributed by atoms with E-state index in [4.69, 9.17) is 5.11 Å². The van der Waals surface area contributed by atoms with E-state index >= 15 is 0 Å². The Labute approximate surface area is 98.5 Å². The minimum Gasteiger partial charge on any atom is -0.475 e. The van der Waals surface area contributed by atoms with Gasteiger partial charge in [-0.1, -0.05) is 12.1 Å². The van der Waals surface area contributed by atoms with Gasteiger partial charge in [0.25, 0.3) is 5.78 Å². The highest BCUT2D eigenvalue weighted by Gasteiger charge is 2.23. The van der Waals surface area contributed by atoms with E-state index < -0.39 is 21.8 Å². The fourth-order valence-corrected chi connectivity index (χ4v) is 1.75. The number of anilines is 1. The minimum absolute atomic E-state index is 0.0439. The summed E-state index contributed by atoms with van der Waals surface area (Å²) in [6, 6.07) is 5.64. The molecule has 7 heteroatoms. The second kappa shape index (κ2) is 4.54. The number of hydrogen-bond acceptors (Lipinski definition) is 4. The van der Waals surface area contributed by atoms with Gasteiger partial charge >= 0.3 is 5.97 Å². The molecule has 1 aromatic carbocycles. The number of sulfonamides is 1. The van der Waals surface area contributed by atoms with E-state index in [0.717, 1.165) is 10.6 Å². The van der Waals surface area contributed by atoms with Gasteiger partial charge in [-0.25, -0.2) is 13.2 Å². The number of benzene rings is 1. The Kier molecular flexibility index (Phi) is 3.52. The molecule has 0 aromatic heterocycles. The van der Waals surface area contributed by atoms with Gasteiger partial charge in [0.2, 0.25) is 10.0 Å². The molecule has 0 heterocycles. The van der Waals surface area contributed by atoms with Gasteiger partial charge in [0, 0.05) is 7.05 Å². The second-order valence-electron chi connectivity index (χ2n) is 3.38. The highest BCUT2D eigenvalue weighted by molar-refractivity contribution is 7.92. The summed E-state index contributed by atoms with van der Waals surface area (Å²) in [4.78, 5) is 22.0. The third-order valence-corrected chi connectivity index (χ3v) is 3.37. The smallest absolute Gasteiger partial charge is 0.377 e. The van der Waals surface area contributed by atoms with Crippen LogP contribution in [0.3, 0.4) is 0 Å². The van der Waals surface area contributed by atoms with Gasteiger partial charge in [-0.3, -0.25) is 9.10 Å². The average molecular weight is 257 g/mol. The molecule has 0 atom stereocenters. The molecule has 0 radical (unpaired) electrons. The fraction of sp³-hybridized carbons (Fsp3) is 0.200. The van der Waals surface area contributed by atoms with Crippen molar-refractivity contribution in [1.82, 2.24) is 0 Å². The maximum Gasteiger partial charge on any atom is 0.377 e. The number of aliphatic carboxylic acids is 1. The lowest BCUT2D eigenvalue weighted by molar-refractivity contribution is -0.131. The van der Waals surface area contributed by atoms with Crippen molar-refractivity contribution >= 4 is 27.5 Å². The number of ketones is 1. The molecule has 0 spiro atoms. The van der Waals surface area contributed by atoms with E-state index in [9.17, 15) is 18.0 Å². The summed E-state index contributed by atoms with van der Waals surface area (Å²) in [6.07, 6.45) is 0.967. The van der Waals surface area contributed by atoms with Crippen molar-refractivity contribution < 1.29 is 23.1 Å². The van der Waals surface area contributed by atoms with Crippen molar-refractivity contribution in [3.05, 3.63) is 29.8 Å². The van der Waals surface area contributed by atoms with Crippen LogP contribution in [0.4, 0.5) is 5.69 Å². The molecule has 0 bridgehead atoms. The van der Waals surface area contributed by atoms with Gasteiger partial charge < -0.3 is 5.11 Å². The fourth-order valence-electron chi connectivity index (χ4n) is 1.23. The topological polar surface area (TPSA) is 91.8 Å². The molecule has 17 heavy (non-hydrogen) atoms. The first-order valence-corrected chi connectivity index (χ1v) is 6.40. The molecule has 0 saturated heterocycles. The number of rotatable bonds is 4. The molecular weight excluding hydrogens is 246 g/mol. The molecule has 92 valence electrons. The molecule has 6 nitrogen and oxygen atoms in total. The predicted octanol–water partition coefficient (Wildman–Crippen LogP) is 0.350. The van der Waals surface area contributed by atoms with Crippen LogP contribution in [-0.4, -0.2) is 38.6 Å². The van der Waals surface area contributed by atoms with E-state index in [1.807, 2.05) is 0 Å². The number of carboxylic acids is 1. The zero-order valence-corrected chi connectivity index (χ0v) is 10.1. The quantitative estimate of drug-likeness (QED) is 0.620. The van der Waals surface area contributed by atoms with E-state index in [2.05, 4.69) is 0 Å². The Balaban J connectivity index is 3.36. The number of Topliss-reactive ketones (excluding diaryl/α,β-unsaturated/α-hetero) is 1. The van der Waals surface area contributed by atoms with Crippen molar-refractivity contribution in [1.29, 1.82) is 0 Å². The van der Waals surface area contributed by atoms with Crippen molar-refractivity contribution in [2.45, 2.75) is 0 Å². The van der Waals surface area contributed by atoms with Gasteiger partial charge in [-0.2, -0.15) is 0 Å². The van der Waals surface area contributed by atoms with E-state index in [-0.39, 0.29) is 11.3 Å². The van der Waals surface area contributed by atoms with Crippen LogP contribution >= 0.6 is 0 Å². The number of para-hydroxylation sites is 1. The Morgan fingerprint density at radius 3 is 2.24 bits per heavy atom. The van der Waals surface area contributed by atoms with Gasteiger partial charge in [0.05, 0.1) is 17.5 Å². The predicted molar refractivity (Wildman–Crippen MR) is 61.7 cm³/mol. The number of hydrogen-bond donors (Lipinski definition) is 1. The van der Waals surface area contributed by atoms with Crippen molar-refractivity contribution in [3.8, 4) is 0 Å². The summed E-state index contributed by atoms with van der Waals surface area (Å²) in [7, 11) is -2.30. The summed E-state index contributed by atoms with van der Waals surface area (Å²) in [5, 5.41) is 8.63. The van der Waals surface area contributed by atoms with Crippen LogP contribution in [0.15, 0.2) is 24.3 Å². The van der Waals surface area contributed by atoms with Gasteiger partial charge in [-0.05, 0) is 12.1 Å². The maximum atomic E-state index is 11.4. The SMILES string of the molecule is CN(c1ccccc1C(=O)C(=O)O)S(C)(=O)=O. The molecule has 1 rings (SSSR count). The summed E-state index contributed by atoms with van der Waals surface area (Å²) in [5.74, 6) is -2.77. The molecule has 0 amide bonds. The molecule has 0 unspecified atom stereocenters. The highest BCUT2D eigenvalue weighted by atomic mass is 32.2. The third-order valence-electron chi connectivity index (χ3n) is 2.18. The molecular formula is C10H11NO5S. The Morgan fingerprint density at radius 2 is 1.76 bits per heavy atom. The second-order valence-corrected chi connectivity index (χ2v) is 5.40. The van der Waals surface area contributed by atoms with Crippen LogP contribution in [0.25, 0.3) is 0 Å². The molecule has 0 fully saturated rings. The lowest BCUT2D eigenvalue weighted by Crippen LogP contribution is -2.27. The van der Waals surface area contributed by atoms with E-state index in [1.54, 1.807) is 0 Å². The zero-order valence-electron chi connectivity index (χ0n) is 9.25. The van der Waals surface area contributed by atoms with Crippen LogP contribution in [0.2, 0.25) is 0 Å². The first-order chi connectivity index (χ1) is 7.75. The Morgan fingerprint density at radius 1 is 1.24 bits per heavy atom. The highest BCUT2D eigenvalue weighted by Crippen LogP contribution is 2.21. The van der Waals surface area contributed by atoms with Gasteiger partial charge in [-0.15, -0.1) is 0 Å². The van der Waals surface area contributed by atoms with Crippen molar-refractivity contribution in [2.75, 3.05) is 17.6 Å². The van der Waals surface area contributed by atoms with Crippen LogP contribution in [0.5, 0.6) is 0 Å². The van der Waals surface area contributed by atoms with E-state index in [0.29, 0.717) is 0 Å². The molecule has 0 aliphatic carbocycles. The van der Waals surface area contributed by atoms with Crippen LogP contribution in [0.1, 0.15) is 10.4 Å². The van der Waals surface area contributed by atoms with Crippen LogP contribution in [-0.2, 0) is 14.8 Å². The van der Waals surface area contributed by atoms with Gasteiger partial charge in [0.1, 0.15) is 0 Å². The summed E-state index contributed by atoms with van der Waals surface area (Å²) >= 11 is 0. The standard InChI is InChI=1S/C10H11NO5S/c1-11(17(2,15)16)8-6-4-3-5-7(8)9(12)10(13)14/h3-6H,1-2H3,(H,13,14). The van der Waals surface area contributed by atoms with Crippen LogP contribution in [0, 0.1) is 0 Å². The summed E-state index contributed by atoms with van der Waals surface area (Å²) in [5.41, 5.74) is -0.115. The molecule has 1 aromatic rings. The van der Waals surface area contributed by atoms with Crippen molar-refractivity contribution in [2.24, 2.45) is 0 Å². The van der Waals surface area contributed by atoms with E-state index in [1.165, 1.54) is 31.3 Å². The lowest BCUT2D eigenvalue weighted by atomic mass is 10.1.